The minimum Gasteiger partial charge on any atom is -0.398 e. The SMILES string of the molecule is CCC/C=C/C(N)=C\NC. The number of nitrogens with one attached hydrogen (secondary N) is 1. The van der Waals surface area contributed by atoms with Gasteiger partial charge >= 0.3 is 0 Å². The van der Waals surface area contributed by atoms with Crippen LogP contribution < -0.4 is 11.1 Å². The van der Waals surface area contributed by atoms with Crippen molar-refractivity contribution < 1.29 is 0 Å². The van der Waals surface area contributed by atoms with Crippen molar-refractivity contribution in [2.75, 3.05) is 7.05 Å². The highest BCUT2D eigenvalue weighted by molar-refractivity contribution is 5.13. The van der Waals surface area contributed by atoms with Gasteiger partial charge in [-0.15, -0.1) is 0 Å². The fourth-order valence-corrected chi connectivity index (χ4v) is 0.601. The minimum atomic E-state index is 0.774. The van der Waals surface area contributed by atoms with Crippen molar-refractivity contribution in [2.24, 2.45) is 5.73 Å². The molecule has 3 N–H and O–H groups in total. The molecule has 2 heteroatoms. The summed E-state index contributed by atoms with van der Waals surface area (Å²) >= 11 is 0. The Hall–Kier alpha value is -0.920. The van der Waals surface area contributed by atoms with Gasteiger partial charge in [0.25, 0.3) is 0 Å². The number of nitrogens with two attached hydrogens (primary N) is 1. The Balaban J connectivity index is 3.55. The maximum atomic E-state index is 5.54. The molecule has 0 atom stereocenters. The summed E-state index contributed by atoms with van der Waals surface area (Å²) in [6.07, 6.45) is 8.02. The highest BCUT2D eigenvalue weighted by Gasteiger charge is 1.77. The highest BCUT2D eigenvalue weighted by atomic mass is 14.8. The van der Waals surface area contributed by atoms with Gasteiger partial charge in [-0.25, -0.2) is 0 Å². The standard InChI is InChI=1S/C8H16N2/c1-3-4-5-6-8(9)7-10-2/h5-7,10H,3-4,9H2,1-2H3/b6-5+,8-7+. The molecule has 0 aromatic rings. The van der Waals surface area contributed by atoms with Gasteiger partial charge in [-0.2, -0.15) is 0 Å². The Morgan fingerprint density at radius 2 is 2.30 bits per heavy atom. The van der Waals surface area contributed by atoms with Crippen LogP contribution in [0.1, 0.15) is 19.8 Å². The molecule has 0 spiro atoms. The molecule has 0 amide bonds. The van der Waals surface area contributed by atoms with Crippen LogP contribution in [0.5, 0.6) is 0 Å². The molecular weight excluding hydrogens is 124 g/mol. The number of hydrogen-bond donors (Lipinski definition) is 2. The second-order valence-electron chi connectivity index (χ2n) is 2.12. The van der Waals surface area contributed by atoms with Crippen LogP contribution in [0.15, 0.2) is 24.0 Å². The zero-order chi connectivity index (χ0) is 7.82. The van der Waals surface area contributed by atoms with Gasteiger partial charge in [-0.05, 0) is 12.5 Å². The van der Waals surface area contributed by atoms with Gasteiger partial charge < -0.3 is 11.1 Å². The van der Waals surface area contributed by atoms with Gasteiger partial charge in [0.2, 0.25) is 0 Å². The van der Waals surface area contributed by atoms with Crippen molar-refractivity contribution in [3.8, 4) is 0 Å². The van der Waals surface area contributed by atoms with E-state index >= 15 is 0 Å². The van der Waals surface area contributed by atoms with Crippen molar-refractivity contribution in [3.63, 3.8) is 0 Å². The van der Waals surface area contributed by atoms with E-state index < -0.39 is 0 Å². The molecule has 0 heterocycles. The molecule has 0 unspecified atom stereocenters. The lowest BCUT2D eigenvalue weighted by atomic mass is 10.3. The van der Waals surface area contributed by atoms with Gasteiger partial charge in [0.15, 0.2) is 0 Å². The third-order valence-electron chi connectivity index (χ3n) is 1.08. The normalized spacial score (nSPS) is 12.4. The van der Waals surface area contributed by atoms with Crippen LogP contribution in [0.3, 0.4) is 0 Å². The number of allylic oxidation sites excluding steroid dienone is 2. The smallest absolute Gasteiger partial charge is 0.0470 e. The molecule has 0 aromatic carbocycles. The fraction of sp³-hybridized carbons (Fsp3) is 0.500. The Bertz CT molecular complexity index is 125. The van der Waals surface area contributed by atoms with Gasteiger partial charge in [-0.3, -0.25) is 0 Å². The van der Waals surface area contributed by atoms with Crippen molar-refractivity contribution in [2.45, 2.75) is 19.8 Å². The number of hydrogen-bond acceptors (Lipinski definition) is 2. The summed E-state index contributed by atoms with van der Waals surface area (Å²) in [5.74, 6) is 0. The van der Waals surface area contributed by atoms with E-state index in [2.05, 4.69) is 18.3 Å². The second kappa shape index (κ2) is 6.20. The first-order chi connectivity index (χ1) is 4.81. The zero-order valence-corrected chi connectivity index (χ0v) is 6.72. The van der Waals surface area contributed by atoms with Crippen LogP contribution in [0.4, 0.5) is 0 Å². The van der Waals surface area contributed by atoms with Crippen molar-refractivity contribution in [3.05, 3.63) is 24.0 Å². The third kappa shape index (κ3) is 5.22. The summed E-state index contributed by atoms with van der Waals surface area (Å²) in [5, 5.41) is 2.86. The Morgan fingerprint density at radius 3 is 2.80 bits per heavy atom. The molecule has 0 saturated heterocycles. The molecule has 58 valence electrons. The lowest BCUT2D eigenvalue weighted by Gasteiger charge is -1.91. The molecule has 0 saturated carbocycles. The predicted octanol–water partition coefficient (Wildman–Crippen LogP) is 1.36. The molecule has 2 nitrogen and oxygen atoms in total. The molecule has 0 aliphatic heterocycles. The van der Waals surface area contributed by atoms with Crippen LogP contribution in [0.2, 0.25) is 0 Å². The van der Waals surface area contributed by atoms with Crippen LogP contribution in [-0.4, -0.2) is 7.05 Å². The van der Waals surface area contributed by atoms with Crippen LogP contribution in [0.25, 0.3) is 0 Å². The fourth-order valence-electron chi connectivity index (χ4n) is 0.601. The van der Waals surface area contributed by atoms with Crippen molar-refractivity contribution in [1.29, 1.82) is 0 Å². The lowest BCUT2D eigenvalue weighted by Crippen LogP contribution is -2.01. The number of rotatable bonds is 4. The van der Waals surface area contributed by atoms with E-state index in [9.17, 15) is 0 Å². The monoisotopic (exact) mass is 140 g/mol. The molecule has 0 bridgehead atoms. The molecule has 10 heavy (non-hydrogen) atoms. The largest absolute Gasteiger partial charge is 0.398 e. The summed E-state index contributed by atoms with van der Waals surface area (Å²) in [6, 6.07) is 0. The maximum Gasteiger partial charge on any atom is 0.0470 e. The molecule has 0 fully saturated rings. The summed E-state index contributed by atoms with van der Waals surface area (Å²) in [5.41, 5.74) is 6.31. The average Bonchev–Trinajstić information content (AvgIpc) is 1.89. The van der Waals surface area contributed by atoms with E-state index in [-0.39, 0.29) is 0 Å². The molecule has 0 radical (unpaired) electrons. The molecule has 0 rings (SSSR count). The average molecular weight is 140 g/mol. The van der Waals surface area contributed by atoms with Crippen LogP contribution >= 0.6 is 0 Å². The Kier molecular flexibility index (Phi) is 5.63. The minimum absolute atomic E-state index is 0.774. The van der Waals surface area contributed by atoms with E-state index in [0.717, 1.165) is 12.1 Å². The maximum absolute atomic E-state index is 5.54. The van der Waals surface area contributed by atoms with Gasteiger partial charge in [-0.1, -0.05) is 19.4 Å². The van der Waals surface area contributed by atoms with Gasteiger partial charge in [0, 0.05) is 18.9 Å². The summed E-state index contributed by atoms with van der Waals surface area (Å²) in [4.78, 5) is 0. The molecule has 0 aromatic heterocycles. The van der Waals surface area contributed by atoms with Crippen molar-refractivity contribution >= 4 is 0 Å². The molecule has 0 aliphatic rings. The van der Waals surface area contributed by atoms with E-state index in [1.165, 1.54) is 6.42 Å². The molecular formula is C8H16N2. The third-order valence-corrected chi connectivity index (χ3v) is 1.08. The lowest BCUT2D eigenvalue weighted by molar-refractivity contribution is 0.956. The topological polar surface area (TPSA) is 38.0 Å². The van der Waals surface area contributed by atoms with Gasteiger partial charge in [0.05, 0.1) is 0 Å². The Labute approximate surface area is 62.8 Å². The first kappa shape index (κ1) is 9.08. The summed E-state index contributed by atoms with van der Waals surface area (Å²) in [6.45, 7) is 2.14. The highest BCUT2D eigenvalue weighted by Crippen LogP contribution is 1.91. The van der Waals surface area contributed by atoms with E-state index in [1.807, 2.05) is 13.1 Å². The Morgan fingerprint density at radius 1 is 1.60 bits per heavy atom. The zero-order valence-electron chi connectivity index (χ0n) is 6.72. The van der Waals surface area contributed by atoms with Crippen LogP contribution in [0, 0.1) is 0 Å². The predicted molar refractivity (Wildman–Crippen MR) is 45.4 cm³/mol. The summed E-state index contributed by atoms with van der Waals surface area (Å²) < 4.78 is 0. The first-order valence-electron chi connectivity index (χ1n) is 3.60. The van der Waals surface area contributed by atoms with Gasteiger partial charge in [0.1, 0.15) is 0 Å². The second-order valence-corrected chi connectivity index (χ2v) is 2.12. The quantitative estimate of drug-likeness (QED) is 0.579. The van der Waals surface area contributed by atoms with Crippen LogP contribution in [-0.2, 0) is 0 Å². The summed E-state index contributed by atoms with van der Waals surface area (Å²) in [7, 11) is 1.83. The van der Waals surface area contributed by atoms with Crippen molar-refractivity contribution in [1.82, 2.24) is 5.32 Å². The van der Waals surface area contributed by atoms with E-state index in [0.29, 0.717) is 0 Å². The van der Waals surface area contributed by atoms with E-state index in [4.69, 9.17) is 5.73 Å². The number of unbranched alkanes of at least 4 members (excludes halogenated alkanes) is 1. The first-order valence-corrected chi connectivity index (χ1v) is 3.60. The van der Waals surface area contributed by atoms with E-state index in [1.54, 1.807) is 6.20 Å². The molecule has 0 aliphatic carbocycles.